The van der Waals surface area contributed by atoms with Gasteiger partial charge in [0.2, 0.25) is 0 Å². The molecule has 10 heteroatoms. The molecule has 9 nitrogen and oxygen atoms in total. The van der Waals surface area contributed by atoms with Crippen LogP contribution in [0.1, 0.15) is 39.3 Å². The van der Waals surface area contributed by atoms with E-state index in [9.17, 15) is 24.1 Å². The molecule has 0 aliphatic carbocycles. The molecule has 0 atom stereocenters. The number of para-hydroxylation sites is 1. The van der Waals surface area contributed by atoms with E-state index in [1.165, 1.54) is 0 Å². The summed E-state index contributed by atoms with van der Waals surface area (Å²) in [5.74, 6) is -1.47. The summed E-state index contributed by atoms with van der Waals surface area (Å²) in [5, 5.41) is 15.8. The van der Waals surface area contributed by atoms with Gasteiger partial charge in [-0.1, -0.05) is 48.5 Å². The number of rotatable bonds is 4. The number of aromatic nitrogens is 2. The van der Waals surface area contributed by atoms with Gasteiger partial charge in [0.05, 0.1) is 16.5 Å². The minimum atomic E-state index is -0.826. The lowest BCUT2D eigenvalue weighted by Gasteiger charge is -2.39. The highest BCUT2D eigenvalue weighted by atomic mass is 19.1. The molecule has 1 fully saturated rings. The van der Waals surface area contributed by atoms with Gasteiger partial charge in [0, 0.05) is 48.6 Å². The summed E-state index contributed by atoms with van der Waals surface area (Å²) in [6.07, 6.45) is 3.03. The number of non-ortho nitro benzene ring substituents is 1. The summed E-state index contributed by atoms with van der Waals surface area (Å²) in [4.78, 5) is 41.0. The number of hydrogen-bond acceptors (Lipinski definition) is 5. The highest BCUT2D eigenvalue weighted by Gasteiger charge is 2.47. The van der Waals surface area contributed by atoms with Crippen molar-refractivity contribution in [3.63, 3.8) is 0 Å². The van der Waals surface area contributed by atoms with Crippen LogP contribution in [0.5, 0.6) is 0 Å². The Hall–Kier alpha value is -5.38. The smallest absolute Gasteiger partial charge is 0.278 e. The molecule has 2 amide bonds. The van der Waals surface area contributed by atoms with Crippen molar-refractivity contribution in [1.29, 1.82) is 0 Å². The second kappa shape index (κ2) is 10.2. The molecule has 0 saturated carbocycles. The Bertz CT molecular complexity index is 1910. The van der Waals surface area contributed by atoms with Crippen molar-refractivity contribution in [3.05, 3.63) is 130 Å². The van der Waals surface area contributed by atoms with Gasteiger partial charge in [0.1, 0.15) is 5.82 Å². The molecule has 2 aromatic heterocycles. The van der Waals surface area contributed by atoms with E-state index in [-0.39, 0.29) is 16.9 Å². The highest BCUT2D eigenvalue weighted by molar-refractivity contribution is 6.07. The van der Waals surface area contributed by atoms with Gasteiger partial charge < -0.3 is 9.80 Å². The number of fused-ring (bicyclic) bond motifs is 3. The topological polar surface area (TPSA) is 101 Å². The molecular weight excluding hydrogens is 549 g/mol. The third-order valence-electron chi connectivity index (χ3n) is 8.61. The lowest BCUT2D eigenvalue weighted by Crippen LogP contribution is -2.47. The monoisotopic (exact) mass is 575 g/mol. The van der Waals surface area contributed by atoms with Gasteiger partial charge in [0.25, 0.3) is 17.5 Å². The van der Waals surface area contributed by atoms with Crippen molar-refractivity contribution in [2.24, 2.45) is 0 Å². The Morgan fingerprint density at radius 1 is 0.860 bits per heavy atom. The zero-order valence-electron chi connectivity index (χ0n) is 23.0. The fourth-order valence-corrected chi connectivity index (χ4v) is 6.41. The van der Waals surface area contributed by atoms with Crippen LogP contribution < -0.4 is 4.90 Å². The predicted molar refractivity (Wildman–Crippen MR) is 159 cm³/mol. The highest BCUT2D eigenvalue weighted by Crippen LogP contribution is 2.47. The maximum Gasteiger partial charge on any atom is 0.278 e. The molecule has 1 saturated heterocycles. The lowest BCUT2D eigenvalue weighted by molar-refractivity contribution is -0.385. The zero-order valence-corrected chi connectivity index (χ0v) is 23.0. The Labute approximate surface area is 245 Å². The third-order valence-corrected chi connectivity index (χ3v) is 8.61. The van der Waals surface area contributed by atoms with Crippen LogP contribution in [-0.2, 0) is 5.41 Å². The maximum absolute atomic E-state index is 14.0. The van der Waals surface area contributed by atoms with Gasteiger partial charge in [-0.25, -0.2) is 8.91 Å². The Morgan fingerprint density at radius 2 is 1.60 bits per heavy atom. The van der Waals surface area contributed by atoms with Crippen molar-refractivity contribution >= 4 is 28.7 Å². The van der Waals surface area contributed by atoms with Crippen molar-refractivity contribution in [3.8, 4) is 11.1 Å². The molecule has 0 N–H and O–H groups in total. The molecule has 0 radical (unpaired) electrons. The van der Waals surface area contributed by atoms with Crippen LogP contribution in [0.4, 0.5) is 15.8 Å². The predicted octanol–water partition coefficient (Wildman–Crippen LogP) is 5.88. The van der Waals surface area contributed by atoms with Crippen molar-refractivity contribution in [2.75, 3.05) is 24.5 Å². The van der Waals surface area contributed by atoms with E-state index in [0.29, 0.717) is 38.2 Å². The van der Waals surface area contributed by atoms with Gasteiger partial charge in [-0.05, 0) is 59.9 Å². The molecular formula is C33H26FN5O4. The number of nitrogens with zero attached hydrogens (tertiary/aromatic N) is 5. The summed E-state index contributed by atoms with van der Waals surface area (Å²) < 4.78 is 15.7. The number of hydrogen-bond donors (Lipinski definition) is 0. The van der Waals surface area contributed by atoms with Crippen LogP contribution in [0.25, 0.3) is 16.6 Å². The van der Waals surface area contributed by atoms with E-state index in [0.717, 1.165) is 46.1 Å². The van der Waals surface area contributed by atoms with E-state index in [1.807, 2.05) is 79.0 Å². The molecule has 3 aromatic carbocycles. The van der Waals surface area contributed by atoms with Crippen LogP contribution in [0.3, 0.4) is 0 Å². The number of anilines is 1. The number of carbonyl (C=O) groups excluding carboxylic acids is 2. The normalized spacial score (nSPS) is 15.6. The van der Waals surface area contributed by atoms with Gasteiger partial charge in [0.15, 0.2) is 5.69 Å². The standard InChI is InChI=1S/C33H26FN5O4/c34-25-16-24(18-27(19-25)39(42)43)31(40)36-14-11-33(12-15-36)21-37(30-9-5-4-8-28(30)33)32(41)29-20-26-17-23(10-13-38(26)35-29)22-6-2-1-3-7-22/h1-10,13,16-20H,11-12,14-15,21H2. The summed E-state index contributed by atoms with van der Waals surface area (Å²) >= 11 is 0. The molecule has 5 aromatic rings. The Balaban J connectivity index is 1.13. The van der Waals surface area contributed by atoms with Gasteiger partial charge in [-0.3, -0.25) is 19.7 Å². The average molecular weight is 576 g/mol. The zero-order chi connectivity index (χ0) is 29.7. The minimum absolute atomic E-state index is 0.0476. The quantitative estimate of drug-likeness (QED) is 0.197. The van der Waals surface area contributed by atoms with Crippen molar-refractivity contribution < 1.29 is 18.9 Å². The molecule has 214 valence electrons. The van der Waals surface area contributed by atoms with Crippen molar-refractivity contribution in [1.82, 2.24) is 14.5 Å². The van der Waals surface area contributed by atoms with Gasteiger partial charge in [-0.2, -0.15) is 5.10 Å². The first-order valence-electron chi connectivity index (χ1n) is 14.0. The minimum Gasteiger partial charge on any atom is -0.339 e. The Kier molecular flexibility index (Phi) is 6.27. The van der Waals surface area contributed by atoms with Gasteiger partial charge >= 0.3 is 0 Å². The number of nitro benzene ring substituents is 1. The van der Waals surface area contributed by atoms with Gasteiger partial charge in [-0.15, -0.1) is 0 Å². The molecule has 7 rings (SSSR count). The molecule has 2 aliphatic rings. The number of amides is 2. The molecule has 1 spiro atoms. The van der Waals surface area contributed by atoms with Crippen LogP contribution in [0.2, 0.25) is 0 Å². The van der Waals surface area contributed by atoms with Crippen LogP contribution >= 0.6 is 0 Å². The first-order chi connectivity index (χ1) is 20.8. The van der Waals surface area contributed by atoms with Crippen molar-refractivity contribution in [2.45, 2.75) is 18.3 Å². The molecule has 4 heterocycles. The molecule has 0 bridgehead atoms. The van der Waals surface area contributed by atoms with E-state index in [1.54, 1.807) is 14.3 Å². The maximum atomic E-state index is 14.0. The van der Waals surface area contributed by atoms with Crippen LogP contribution in [0, 0.1) is 15.9 Å². The van der Waals surface area contributed by atoms with E-state index in [2.05, 4.69) is 5.10 Å². The summed E-state index contributed by atoms with van der Waals surface area (Å²) in [6.45, 7) is 1.19. The number of benzene rings is 3. The average Bonchev–Trinajstić information content (AvgIpc) is 3.60. The third kappa shape index (κ3) is 4.61. The van der Waals surface area contributed by atoms with E-state index in [4.69, 9.17) is 0 Å². The molecule has 0 unspecified atom stereocenters. The number of pyridine rings is 1. The first kappa shape index (κ1) is 26.5. The molecule has 2 aliphatic heterocycles. The van der Waals surface area contributed by atoms with E-state index < -0.39 is 22.3 Å². The fraction of sp³-hybridized carbons (Fsp3) is 0.182. The number of nitro groups is 1. The number of carbonyl (C=O) groups is 2. The van der Waals surface area contributed by atoms with Crippen LogP contribution in [-0.4, -0.2) is 50.9 Å². The van der Waals surface area contributed by atoms with E-state index >= 15 is 0 Å². The SMILES string of the molecule is O=C(c1cc(F)cc([N+](=O)[O-])c1)N1CCC2(CC1)CN(C(=O)c1cc3cc(-c4ccccc4)ccn3n1)c1ccccc12. The second-order valence-electron chi connectivity index (χ2n) is 11.1. The first-order valence-corrected chi connectivity index (χ1v) is 14.0. The van der Waals surface area contributed by atoms with Crippen LogP contribution in [0.15, 0.2) is 97.2 Å². The number of halogens is 1. The molecule has 43 heavy (non-hydrogen) atoms. The summed E-state index contributed by atoms with van der Waals surface area (Å²) in [5.41, 5.74) is 4.28. The number of piperidine rings is 1. The lowest BCUT2D eigenvalue weighted by atomic mass is 9.74. The summed E-state index contributed by atoms with van der Waals surface area (Å²) in [6, 6.07) is 26.6. The summed E-state index contributed by atoms with van der Waals surface area (Å²) in [7, 11) is 0. The largest absolute Gasteiger partial charge is 0.339 e. The Morgan fingerprint density at radius 3 is 2.37 bits per heavy atom. The fourth-order valence-electron chi connectivity index (χ4n) is 6.41. The number of likely N-dealkylation sites (tertiary alicyclic amines) is 1. The second-order valence-corrected chi connectivity index (χ2v) is 11.1.